The molecule has 1 aromatic carbocycles. The van der Waals surface area contributed by atoms with E-state index in [0.29, 0.717) is 0 Å². The molecule has 0 radical (unpaired) electrons. The van der Waals surface area contributed by atoms with Gasteiger partial charge < -0.3 is 11.1 Å². The molecule has 1 fully saturated rings. The highest BCUT2D eigenvalue weighted by atomic mass is 16.1. The minimum absolute atomic E-state index is 0.0585. The smallest absolute Gasteiger partial charge is 0.227 e. The summed E-state index contributed by atoms with van der Waals surface area (Å²) in [5.74, 6) is 0.143. The van der Waals surface area contributed by atoms with Crippen LogP contribution in [0.15, 0.2) is 36.7 Å². The molecule has 4 nitrogen and oxygen atoms in total. The molecular weight excluding hydrogens is 238 g/mol. The lowest BCUT2D eigenvalue weighted by atomic mass is 10.1. The van der Waals surface area contributed by atoms with Crippen molar-refractivity contribution in [1.82, 2.24) is 4.98 Å². The van der Waals surface area contributed by atoms with E-state index in [1.54, 1.807) is 6.20 Å². The maximum absolute atomic E-state index is 12.1. The van der Waals surface area contributed by atoms with Gasteiger partial charge in [-0.05, 0) is 42.8 Å². The van der Waals surface area contributed by atoms with Gasteiger partial charge in [-0.25, -0.2) is 0 Å². The Morgan fingerprint density at radius 3 is 2.95 bits per heavy atom. The maximum Gasteiger partial charge on any atom is 0.227 e. The van der Waals surface area contributed by atoms with Crippen LogP contribution in [0, 0.1) is 5.92 Å². The van der Waals surface area contributed by atoms with E-state index in [2.05, 4.69) is 10.3 Å². The standard InChI is InChI=1S/C15H17N3O/c16-13-3-1-11(7-13)15(19)18-14-4-2-12-9-17-6-5-10(12)8-14/h2,4-6,8-9,11,13H,1,3,7,16H2,(H,18,19)/t11-,13+/m1/s1. The predicted molar refractivity (Wildman–Crippen MR) is 75.7 cm³/mol. The average Bonchev–Trinajstić information content (AvgIpc) is 2.85. The first kappa shape index (κ1) is 12.1. The molecule has 1 amide bonds. The topological polar surface area (TPSA) is 68.0 Å². The number of carbonyl (C=O) groups excluding carboxylic acids is 1. The lowest BCUT2D eigenvalue weighted by Crippen LogP contribution is -2.23. The molecular formula is C15H17N3O. The van der Waals surface area contributed by atoms with Crippen LogP contribution in [-0.2, 0) is 4.79 Å². The largest absolute Gasteiger partial charge is 0.328 e. The fraction of sp³-hybridized carbons (Fsp3) is 0.333. The Hall–Kier alpha value is -1.94. The molecule has 0 bridgehead atoms. The molecule has 1 saturated carbocycles. The van der Waals surface area contributed by atoms with Gasteiger partial charge in [-0.3, -0.25) is 9.78 Å². The Bertz CT molecular complexity index is 611. The first-order valence-electron chi connectivity index (χ1n) is 6.62. The highest BCUT2D eigenvalue weighted by Gasteiger charge is 2.27. The SMILES string of the molecule is N[C@H]1CC[C@@H](C(=O)Nc2ccc3cnccc3c2)C1. The fourth-order valence-corrected chi connectivity index (χ4v) is 2.66. The minimum atomic E-state index is 0.0585. The Labute approximate surface area is 112 Å². The second-order valence-electron chi connectivity index (χ2n) is 5.20. The summed E-state index contributed by atoms with van der Waals surface area (Å²) in [5, 5.41) is 5.13. The number of fused-ring (bicyclic) bond motifs is 1. The molecule has 1 heterocycles. The Kier molecular flexibility index (Phi) is 3.17. The summed E-state index contributed by atoms with van der Waals surface area (Å²) in [6.07, 6.45) is 6.20. The molecule has 0 saturated heterocycles. The highest BCUT2D eigenvalue weighted by Crippen LogP contribution is 2.26. The minimum Gasteiger partial charge on any atom is -0.328 e. The summed E-state index contributed by atoms with van der Waals surface area (Å²) in [5.41, 5.74) is 6.68. The molecule has 1 aliphatic rings. The Morgan fingerprint density at radius 2 is 2.16 bits per heavy atom. The molecule has 4 heteroatoms. The van der Waals surface area contributed by atoms with Crippen LogP contribution >= 0.6 is 0 Å². The zero-order chi connectivity index (χ0) is 13.2. The van der Waals surface area contributed by atoms with Crippen LogP contribution in [0.5, 0.6) is 0 Å². The number of nitrogens with zero attached hydrogens (tertiary/aromatic N) is 1. The third kappa shape index (κ3) is 2.58. The number of carbonyl (C=O) groups is 1. The maximum atomic E-state index is 12.1. The van der Waals surface area contributed by atoms with Crippen molar-refractivity contribution in [2.75, 3.05) is 5.32 Å². The summed E-state index contributed by atoms with van der Waals surface area (Å²) in [7, 11) is 0. The molecule has 1 aromatic heterocycles. The molecule has 3 N–H and O–H groups in total. The Morgan fingerprint density at radius 1 is 1.26 bits per heavy atom. The van der Waals surface area contributed by atoms with Crippen molar-refractivity contribution in [3.05, 3.63) is 36.7 Å². The van der Waals surface area contributed by atoms with Gasteiger partial charge in [0.2, 0.25) is 5.91 Å². The van der Waals surface area contributed by atoms with Gasteiger partial charge in [0.05, 0.1) is 0 Å². The van der Waals surface area contributed by atoms with Crippen LogP contribution in [0.25, 0.3) is 10.8 Å². The van der Waals surface area contributed by atoms with E-state index in [1.807, 2.05) is 30.5 Å². The van der Waals surface area contributed by atoms with Crippen LogP contribution in [0.1, 0.15) is 19.3 Å². The van der Waals surface area contributed by atoms with Gasteiger partial charge in [0.1, 0.15) is 0 Å². The molecule has 0 spiro atoms. The van der Waals surface area contributed by atoms with E-state index in [-0.39, 0.29) is 17.9 Å². The van der Waals surface area contributed by atoms with Gasteiger partial charge in [0.25, 0.3) is 0 Å². The second-order valence-corrected chi connectivity index (χ2v) is 5.20. The van der Waals surface area contributed by atoms with Crippen LogP contribution in [0.3, 0.4) is 0 Å². The summed E-state index contributed by atoms with van der Waals surface area (Å²) in [6.45, 7) is 0. The van der Waals surface area contributed by atoms with E-state index >= 15 is 0 Å². The number of hydrogen-bond acceptors (Lipinski definition) is 3. The van der Waals surface area contributed by atoms with Crippen molar-refractivity contribution >= 4 is 22.4 Å². The van der Waals surface area contributed by atoms with Crippen molar-refractivity contribution in [2.45, 2.75) is 25.3 Å². The number of amides is 1. The number of hydrogen-bond donors (Lipinski definition) is 2. The molecule has 0 unspecified atom stereocenters. The van der Waals surface area contributed by atoms with Crippen LogP contribution in [0.2, 0.25) is 0 Å². The van der Waals surface area contributed by atoms with Crippen LogP contribution < -0.4 is 11.1 Å². The zero-order valence-corrected chi connectivity index (χ0v) is 10.7. The third-order valence-corrected chi connectivity index (χ3v) is 3.75. The first-order chi connectivity index (χ1) is 9.22. The number of aromatic nitrogens is 1. The monoisotopic (exact) mass is 255 g/mol. The van der Waals surface area contributed by atoms with Gasteiger partial charge in [-0.1, -0.05) is 6.07 Å². The molecule has 1 aliphatic carbocycles. The van der Waals surface area contributed by atoms with E-state index < -0.39 is 0 Å². The molecule has 98 valence electrons. The average molecular weight is 255 g/mol. The second kappa shape index (κ2) is 4.97. The number of nitrogens with two attached hydrogens (primary N) is 1. The summed E-state index contributed by atoms with van der Waals surface area (Å²) in [6, 6.07) is 7.98. The number of rotatable bonds is 2. The lowest BCUT2D eigenvalue weighted by Gasteiger charge is -2.11. The van der Waals surface area contributed by atoms with Crippen molar-refractivity contribution in [2.24, 2.45) is 11.7 Å². The number of anilines is 1. The quantitative estimate of drug-likeness (QED) is 0.865. The van der Waals surface area contributed by atoms with Gasteiger partial charge in [0.15, 0.2) is 0 Å². The predicted octanol–water partition coefficient (Wildman–Crippen LogP) is 2.30. The van der Waals surface area contributed by atoms with Gasteiger partial charge in [-0.15, -0.1) is 0 Å². The molecule has 2 atom stereocenters. The normalized spacial score (nSPS) is 22.6. The molecule has 0 aliphatic heterocycles. The van der Waals surface area contributed by atoms with E-state index in [4.69, 9.17) is 5.73 Å². The number of pyridine rings is 1. The van der Waals surface area contributed by atoms with E-state index in [0.717, 1.165) is 35.7 Å². The summed E-state index contributed by atoms with van der Waals surface area (Å²) >= 11 is 0. The van der Waals surface area contributed by atoms with Gasteiger partial charge >= 0.3 is 0 Å². The molecule has 3 rings (SSSR count). The van der Waals surface area contributed by atoms with Crippen molar-refractivity contribution in [1.29, 1.82) is 0 Å². The van der Waals surface area contributed by atoms with Crippen LogP contribution in [0.4, 0.5) is 5.69 Å². The summed E-state index contributed by atoms with van der Waals surface area (Å²) < 4.78 is 0. The summed E-state index contributed by atoms with van der Waals surface area (Å²) in [4.78, 5) is 16.2. The molecule has 2 aromatic rings. The third-order valence-electron chi connectivity index (χ3n) is 3.75. The fourth-order valence-electron chi connectivity index (χ4n) is 2.66. The van der Waals surface area contributed by atoms with Crippen LogP contribution in [-0.4, -0.2) is 16.9 Å². The van der Waals surface area contributed by atoms with Crippen molar-refractivity contribution in [3.63, 3.8) is 0 Å². The van der Waals surface area contributed by atoms with Gasteiger partial charge in [0, 0.05) is 35.4 Å². The van der Waals surface area contributed by atoms with Crippen molar-refractivity contribution < 1.29 is 4.79 Å². The Balaban J connectivity index is 1.76. The van der Waals surface area contributed by atoms with E-state index in [1.165, 1.54) is 0 Å². The van der Waals surface area contributed by atoms with Crippen molar-refractivity contribution in [3.8, 4) is 0 Å². The highest BCUT2D eigenvalue weighted by molar-refractivity contribution is 5.95. The van der Waals surface area contributed by atoms with E-state index in [9.17, 15) is 4.79 Å². The first-order valence-corrected chi connectivity index (χ1v) is 6.62. The number of nitrogens with one attached hydrogen (secondary N) is 1. The number of benzene rings is 1. The molecule has 19 heavy (non-hydrogen) atoms. The lowest BCUT2D eigenvalue weighted by molar-refractivity contribution is -0.119. The van der Waals surface area contributed by atoms with Gasteiger partial charge in [-0.2, -0.15) is 0 Å². The zero-order valence-electron chi connectivity index (χ0n) is 10.7.